The maximum atomic E-state index is 11.9. The van der Waals surface area contributed by atoms with Gasteiger partial charge in [-0.05, 0) is 48.0 Å². The molecule has 0 radical (unpaired) electrons. The van der Waals surface area contributed by atoms with Crippen molar-refractivity contribution in [3.63, 3.8) is 0 Å². The number of rotatable bonds is 4. The van der Waals surface area contributed by atoms with Crippen molar-refractivity contribution in [2.75, 3.05) is 5.32 Å². The lowest BCUT2D eigenvalue weighted by atomic mass is 10.1. The molecule has 1 aromatic heterocycles. The summed E-state index contributed by atoms with van der Waals surface area (Å²) in [5.74, 6) is 0.484. The van der Waals surface area contributed by atoms with Gasteiger partial charge < -0.3 is 9.73 Å². The fourth-order valence-corrected chi connectivity index (χ4v) is 2.13. The average Bonchev–Trinajstić information content (AvgIpc) is 3.09. The van der Waals surface area contributed by atoms with Crippen LogP contribution in [0.25, 0.3) is 17.4 Å². The molecular weight excluding hydrogens is 312 g/mol. The van der Waals surface area contributed by atoms with Gasteiger partial charge in [0.1, 0.15) is 0 Å². The fraction of sp³-hybridized carbons (Fsp3) is 0. The summed E-state index contributed by atoms with van der Waals surface area (Å²) >= 11 is 5.82. The van der Waals surface area contributed by atoms with Gasteiger partial charge in [0.05, 0.1) is 6.20 Å². The lowest BCUT2D eigenvalue weighted by Crippen LogP contribution is -2.07. The second-order valence-corrected chi connectivity index (χ2v) is 5.25. The van der Waals surface area contributed by atoms with Gasteiger partial charge in [-0.25, -0.2) is 4.98 Å². The first-order chi connectivity index (χ1) is 11.2. The summed E-state index contributed by atoms with van der Waals surface area (Å²) < 4.78 is 5.22. The van der Waals surface area contributed by atoms with Crippen LogP contribution in [0.4, 0.5) is 5.69 Å². The quantitative estimate of drug-likeness (QED) is 0.711. The van der Waals surface area contributed by atoms with Gasteiger partial charge in [0, 0.05) is 22.3 Å². The molecule has 0 aliphatic carbocycles. The number of hydrogen-bond donors (Lipinski definition) is 1. The van der Waals surface area contributed by atoms with E-state index in [-0.39, 0.29) is 5.91 Å². The Kier molecular flexibility index (Phi) is 4.54. The normalized spacial score (nSPS) is 10.8. The monoisotopic (exact) mass is 324 g/mol. The highest BCUT2D eigenvalue weighted by atomic mass is 35.5. The highest BCUT2D eigenvalue weighted by Gasteiger charge is 2.02. The summed E-state index contributed by atoms with van der Waals surface area (Å²) in [5.41, 5.74) is 2.52. The first-order valence-corrected chi connectivity index (χ1v) is 7.32. The van der Waals surface area contributed by atoms with Crippen molar-refractivity contribution in [1.82, 2.24) is 4.98 Å². The molecule has 1 amide bonds. The Balaban J connectivity index is 1.62. The number of anilines is 1. The summed E-state index contributed by atoms with van der Waals surface area (Å²) in [7, 11) is 0. The maximum absolute atomic E-state index is 11.9. The second-order valence-electron chi connectivity index (χ2n) is 4.82. The maximum Gasteiger partial charge on any atom is 0.248 e. The van der Waals surface area contributed by atoms with Crippen LogP contribution in [0.5, 0.6) is 0 Å². The van der Waals surface area contributed by atoms with Crippen LogP contribution in [0.2, 0.25) is 5.02 Å². The number of carbonyl (C=O) groups excluding carboxylic acids is 1. The summed E-state index contributed by atoms with van der Waals surface area (Å²) in [6, 6.07) is 14.6. The SMILES string of the molecule is O=C(/C=C/c1ccc(Cl)cc1)Nc1ccc(-c2cnco2)cc1. The van der Waals surface area contributed by atoms with Crippen molar-refractivity contribution in [3.8, 4) is 11.3 Å². The zero-order chi connectivity index (χ0) is 16.1. The largest absolute Gasteiger partial charge is 0.444 e. The Morgan fingerprint density at radius 2 is 1.83 bits per heavy atom. The summed E-state index contributed by atoms with van der Waals surface area (Å²) in [6.07, 6.45) is 6.23. The number of amides is 1. The van der Waals surface area contributed by atoms with Crippen molar-refractivity contribution in [3.05, 3.63) is 77.8 Å². The summed E-state index contributed by atoms with van der Waals surface area (Å²) in [6.45, 7) is 0. The molecule has 114 valence electrons. The summed E-state index contributed by atoms with van der Waals surface area (Å²) in [4.78, 5) is 15.8. The van der Waals surface area contributed by atoms with E-state index < -0.39 is 0 Å². The third-order valence-electron chi connectivity index (χ3n) is 3.17. The molecule has 0 atom stereocenters. The lowest BCUT2D eigenvalue weighted by molar-refractivity contribution is -0.111. The zero-order valence-corrected chi connectivity index (χ0v) is 12.8. The van der Waals surface area contributed by atoms with E-state index >= 15 is 0 Å². The van der Waals surface area contributed by atoms with Crippen molar-refractivity contribution in [2.45, 2.75) is 0 Å². The van der Waals surface area contributed by atoms with Crippen molar-refractivity contribution >= 4 is 29.3 Å². The van der Waals surface area contributed by atoms with Crippen LogP contribution >= 0.6 is 11.6 Å². The van der Waals surface area contributed by atoms with Crippen LogP contribution < -0.4 is 5.32 Å². The molecule has 4 nitrogen and oxygen atoms in total. The van der Waals surface area contributed by atoms with E-state index in [2.05, 4.69) is 10.3 Å². The van der Waals surface area contributed by atoms with Gasteiger partial charge in [-0.15, -0.1) is 0 Å². The Hall–Kier alpha value is -2.85. The Bertz CT molecular complexity index is 807. The molecule has 5 heteroatoms. The number of halogens is 1. The standard InChI is InChI=1S/C18H13ClN2O2/c19-15-6-1-13(2-7-15)3-10-18(22)21-16-8-4-14(5-9-16)17-11-20-12-23-17/h1-12H,(H,21,22)/b10-3+. The molecule has 0 fully saturated rings. The third kappa shape index (κ3) is 4.08. The van der Waals surface area contributed by atoms with Gasteiger partial charge in [0.25, 0.3) is 0 Å². The number of benzene rings is 2. The van der Waals surface area contributed by atoms with E-state index in [1.54, 1.807) is 24.4 Å². The predicted molar refractivity (Wildman–Crippen MR) is 91.1 cm³/mol. The highest BCUT2D eigenvalue weighted by molar-refractivity contribution is 6.30. The van der Waals surface area contributed by atoms with Crippen molar-refractivity contribution in [2.24, 2.45) is 0 Å². The number of oxazole rings is 1. The van der Waals surface area contributed by atoms with Gasteiger partial charge >= 0.3 is 0 Å². The molecule has 23 heavy (non-hydrogen) atoms. The molecular formula is C18H13ClN2O2. The van der Waals surface area contributed by atoms with Crippen LogP contribution in [0.1, 0.15) is 5.56 Å². The minimum absolute atomic E-state index is 0.202. The van der Waals surface area contributed by atoms with Crippen molar-refractivity contribution < 1.29 is 9.21 Å². The second kappa shape index (κ2) is 6.94. The predicted octanol–water partition coefficient (Wildman–Crippen LogP) is 4.65. The molecule has 0 aliphatic heterocycles. The van der Waals surface area contributed by atoms with Gasteiger partial charge in [0.2, 0.25) is 5.91 Å². The van der Waals surface area contributed by atoms with E-state index in [4.69, 9.17) is 16.0 Å². The van der Waals surface area contributed by atoms with E-state index in [1.807, 2.05) is 36.4 Å². The Morgan fingerprint density at radius 3 is 2.48 bits per heavy atom. The first kappa shape index (κ1) is 15.1. The zero-order valence-electron chi connectivity index (χ0n) is 12.1. The molecule has 0 saturated carbocycles. The molecule has 0 bridgehead atoms. The van der Waals surface area contributed by atoms with Crippen LogP contribution in [0, 0.1) is 0 Å². The molecule has 1 heterocycles. The molecule has 0 spiro atoms. The number of aromatic nitrogens is 1. The van der Waals surface area contributed by atoms with Crippen molar-refractivity contribution in [1.29, 1.82) is 0 Å². The first-order valence-electron chi connectivity index (χ1n) is 6.94. The van der Waals surface area contributed by atoms with Gasteiger partial charge in [0.15, 0.2) is 12.2 Å². The van der Waals surface area contributed by atoms with E-state index in [0.717, 1.165) is 11.1 Å². The fourth-order valence-electron chi connectivity index (χ4n) is 2.01. The van der Waals surface area contributed by atoms with Crippen LogP contribution in [0.3, 0.4) is 0 Å². The lowest BCUT2D eigenvalue weighted by Gasteiger charge is -2.03. The third-order valence-corrected chi connectivity index (χ3v) is 3.42. The number of hydrogen-bond acceptors (Lipinski definition) is 3. The Labute approximate surface area is 138 Å². The number of nitrogens with zero attached hydrogens (tertiary/aromatic N) is 1. The van der Waals surface area contributed by atoms with Gasteiger partial charge in [-0.3, -0.25) is 4.79 Å². The van der Waals surface area contributed by atoms with Crippen LogP contribution in [-0.2, 0) is 4.79 Å². The molecule has 0 unspecified atom stereocenters. The number of carbonyl (C=O) groups is 1. The Morgan fingerprint density at radius 1 is 1.09 bits per heavy atom. The minimum atomic E-state index is -0.202. The molecule has 0 aliphatic rings. The van der Waals surface area contributed by atoms with E-state index in [9.17, 15) is 4.79 Å². The van der Waals surface area contributed by atoms with Crippen LogP contribution in [-0.4, -0.2) is 10.9 Å². The molecule has 0 saturated heterocycles. The average molecular weight is 325 g/mol. The smallest absolute Gasteiger partial charge is 0.248 e. The highest BCUT2D eigenvalue weighted by Crippen LogP contribution is 2.20. The topological polar surface area (TPSA) is 55.1 Å². The molecule has 1 N–H and O–H groups in total. The molecule has 2 aromatic carbocycles. The van der Waals surface area contributed by atoms with E-state index in [0.29, 0.717) is 16.5 Å². The number of nitrogens with one attached hydrogen (secondary N) is 1. The van der Waals surface area contributed by atoms with Crippen LogP contribution in [0.15, 0.2) is 71.6 Å². The molecule has 3 aromatic rings. The van der Waals surface area contributed by atoms with Gasteiger partial charge in [-0.1, -0.05) is 23.7 Å². The molecule has 3 rings (SSSR count). The van der Waals surface area contributed by atoms with Gasteiger partial charge in [-0.2, -0.15) is 0 Å². The summed E-state index contributed by atoms with van der Waals surface area (Å²) in [5, 5.41) is 3.46. The minimum Gasteiger partial charge on any atom is -0.444 e. The van der Waals surface area contributed by atoms with E-state index in [1.165, 1.54) is 12.5 Å².